The molecular formula is C31H43N3O5. The van der Waals surface area contributed by atoms with E-state index in [4.69, 9.17) is 14.2 Å². The van der Waals surface area contributed by atoms with Gasteiger partial charge in [0.05, 0.1) is 24.8 Å². The van der Waals surface area contributed by atoms with E-state index in [-0.39, 0.29) is 18.2 Å². The third kappa shape index (κ3) is 7.82. The van der Waals surface area contributed by atoms with Crippen LogP contribution in [0.2, 0.25) is 0 Å². The van der Waals surface area contributed by atoms with E-state index >= 15 is 0 Å². The van der Waals surface area contributed by atoms with E-state index in [1.54, 1.807) is 26.4 Å². The standard InChI is InChI=1S/C31H43N3O5/c1-21(2)12-14-33(15-13-22(3)4)29(35)20-34-23(5)30(26-10-9-25(38-7)18-27(26)34)31(36)24-8-11-28(32-19-24)39-17-16-37-6/h8-11,18-19,21-22H,12-17,20H2,1-7H3. The molecule has 0 saturated carbocycles. The van der Waals surface area contributed by atoms with Gasteiger partial charge in [0.25, 0.3) is 0 Å². The van der Waals surface area contributed by atoms with Crippen molar-refractivity contribution in [1.82, 2.24) is 14.5 Å². The number of ketones is 1. The van der Waals surface area contributed by atoms with Gasteiger partial charge in [0.1, 0.15) is 18.9 Å². The van der Waals surface area contributed by atoms with E-state index in [1.165, 1.54) is 6.20 Å². The van der Waals surface area contributed by atoms with Crippen LogP contribution in [0.3, 0.4) is 0 Å². The maximum absolute atomic E-state index is 13.8. The third-order valence-corrected chi connectivity index (χ3v) is 6.89. The van der Waals surface area contributed by atoms with E-state index in [2.05, 4.69) is 32.7 Å². The SMILES string of the molecule is COCCOc1ccc(C(=O)c2c(C)n(CC(=O)N(CCC(C)C)CCC(C)C)c3cc(OC)ccc23)cn1. The predicted molar refractivity (Wildman–Crippen MR) is 154 cm³/mol. The van der Waals surface area contributed by atoms with Crippen molar-refractivity contribution in [3.63, 3.8) is 0 Å². The molecule has 0 aliphatic carbocycles. The number of methoxy groups -OCH3 is 2. The molecule has 0 N–H and O–H groups in total. The Morgan fingerprint density at radius 3 is 2.23 bits per heavy atom. The number of pyridine rings is 1. The highest BCUT2D eigenvalue weighted by atomic mass is 16.5. The van der Waals surface area contributed by atoms with Gasteiger partial charge in [0, 0.05) is 55.2 Å². The van der Waals surface area contributed by atoms with E-state index in [1.807, 2.05) is 34.6 Å². The summed E-state index contributed by atoms with van der Waals surface area (Å²) >= 11 is 0. The molecule has 0 spiro atoms. The maximum Gasteiger partial charge on any atom is 0.242 e. The first kappa shape index (κ1) is 30.2. The first-order chi connectivity index (χ1) is 18.7. The molecule has 2 aromatic heterocycles. The molecule has 0 unspecified atom stereocenters. The van der Waals surface area contributed by atoms with Gasteiger partial charge in [-0.15, -0.1) is 0 Å². The Hall–Kier alpha value is -3.39. The Balaban J connectivity index is 1.96. The lowest BCUT2D eigenvalue weighted by Gasteiger charge is -2.25. The van der Waals surface area contributed by atoms with Gasteiger partial charge >= 0.3 is 0 Å². The molecule has 0 fully saturated rings. The summed E-state index contributed by atoms with van der Waals surface area (Å²) in [4.78, 5) is 33.7. The minimum absolute atomic E-state index is 0.0531. The van der Waals surface area contributed by atoms with Crippen molar-refractivity contribution in [1.29, 1.82) is 0 Å². The third-order valence-electron chi connectivity index (χ3n) is 6.89. The second-order valence-electron chi connectivity index (χ2n) is 10.7. The molecule has 0 atom stereocenters. The number of fused-ring (bicyclic) bond motifs is 1. The van der Waals surface area contributed by atoms with Gasteiger partial charge in [-0.1, -0.05) is 27.7 Å². The first-order valence-corrected chi connectivity index (χ1v) is 13.7. The average Bonchev–Trinajstić information content (AvgIpc) is 3.18. The highest BCUT2D eigenvalue weighted by molar-refractivity contribution is 6.17. The Kier molecular flexibility index (Phi) is 10.9. The summed E-state index contributed by atoms with van der Waals surface area (Å²) in [7, 11) is 3.22. The Morgan fingerprint density at radius 1 is 0.974 bits per heavy atom. The van der Waals surface area contributed by atoms with Crippen molar-refractivity contribution >= 4 is 22.6 Å². The molecule has 2 heterocycles. The van der Waals surface area contributed by atoms with Gasteiger partial charge in [-0.05, 0) is 49.8 Å². The Labute approximate surface area is 232 Å². The minimum Gasteiger partial charge on any atom is -0.497 e. The van der Waals surface area contributed by atoms with Crippen LogP contribution in [-0.4, -0.2) is 66.7 Å². The predicted octanol–water partition coefficient (Wildman–Crippen LogP) is 5.53. The van der Waals surface area contributed by atoms with Crippen LogP contribution in [0, 0.1) is 18.8 Å². The smallest absolute Gasteiger partial charge is 0.242 e. The van der Waals surface area contributed by atoms with Crippen LogP contribution in [0.4, 0.5) is 0 Å². The molecule has 1 aromatic carbocycles. The van der Waals surface area contributed by atoms with Gasteiger partial charge < -0.3 is 23.7 Å². The molecule has 8 heteroatoms. The number of ether oxygens (including phenoxy) is 3. The van der Waals surface area contributed by atoms with Gasteiger partial charge in [-0.2, -0.15) is 0 Å². The minimum atomic E-state index is -0.152. The molecule has 3 rings (SSSR count). The van der Waals surface area contributed by atoms with Crippen LogP contribution in [0.5, 0.6) is 11.6 Å². The number of carbonyl (C=O) groups is 2. The second-order valence-corrected chi connectivity index (χ2v) is 10.7. The van der Waals surface area contributed by atoms with Crippen LogP contribution in [0.1, 0.15) is 62.2 Å². The van der Waals surface area contributed by atoms with Crippen molar-refractivity contribution < 1.29 is 23.8 Å². The molecule has 0 bridgehead atoms. The zero-order valence-electron chi connectivity index (χ0n) is 24.5. The van der Waals surface area contributed by atoms with Crippen LogP contribution in [0.25, 0.3) is 10.9 Å². The first-order valence-electron chi connectivity index (χ1n) is 13.7. The topological polar surface area (TPSA) is 82.9 Å². The zero-order chi connectivity index (χ0) is 28.5. The normalized spacial score (nSPS) is 11.4. The fourth-order valence-corrected chi connectivity index (χ4v) is 4.47. The number of carbonyl (C=O) groups excluding carboxylic acids is 2. The highest BCUT2D eigenvalue weighted by Gasteiger charge is 2.24. The monoisotopic (exact) mass is 537 g/mol. The van der Waals surface area contributed by atoms with Crippen molar-refractivity contribution in [2.75, 3.05) is 40.5 Å². The summed E-state index contributed by atoms with van der Waals surface area (Å²) in [6.07, 6.45) is 3.43. The lowest BCUT2D eigenvalue weighted by Crippen LogP contribution is -2.36. The molecule has 0 aliphatic rings. The molecule has 3 aromatic rings. The molecule has 39 heavy (non-hydrogen) atoms. The lowest BCUT2D eigenvalue weighted by molar-refractivity contribution is -0.132. The quantitative estimate of drug-likeness (QED) is 0.187. The van der Waals surface area contributed by atoms with Crippen LogP contribution < -0.4 is 9.47 Å². The van der Waals surface area contributed by atoms with Gasteiger partial charge in [0.15, 0.2) is 5.78 Å². The summed E-state index contributed by atoms with van der Waals surface area (Å²) < 4.78 is 18.0. The van der Waals surface area contributed by atoms with E-state index in [9.17, 15) is 9.59 Å². The molecule has 1 amide bonds. The van der Waals surface area contributed by atoms with E-state index in [0.29, 0.717) is 47.8 Å². The Bertz CT molecular complexity index is 1240. The highest BCUT2D eigenvalue weighted by Crippen LogP contribution is 2.31. The fraction of sp³-hybridized carbons (Fsp3) is 0.516. The molecule has 0 aliphatic heterocycles. The fourth-order valence-electron chi connectivity index (χ4n) is 4.47. The summed E-state index contributed by atoms with van der Waals surface area (Å²) in [5, 5.41) is 0.780. The van der Waals surface area contributed by atoms with Crippen LogP contribution in [0.15, 0.2) is 36.5 Å². The summed E-state index contributed by atoms with van der Waals surface area (Å²) in [6.45, 7) is 13.0. The maximum atomic E-state index is 13.8. The number of benzene rings is 1. The van der Waals surface area contributed by atoms with Crippen molar-refractivity contribution in [3.8, 4) is 11.6 Å². The molecule has 0 saturated heterocycles. The summed E-state index contributed by atoms with van der Waals surface area (Å²) in [5.74, 6) is 2.02. The number of nitrogens with zero attached hydrogens (tertiary/aromatic N) is 3. The van der Waals surface area contributed by atoms with Crippen molar-refractivity contribution in [2.45, 2.75) is 54.0 Å². The number of hydrogen-bond acceptors (Lipinski definition) is 6. The van der Waals surface area contributed by atoms with E-state index < -0.39 is 0 Å². The molecular weight excluding hydrogens is 494 g/mol. The van der Waals surface area contributed by atoms with Crippen LogP contribution in [-0.2, 0) is 16.1 Å². The number of rotatable bonds is 15. The number of hydrogen-bond donors (Lipinski definition) is 0. The van der Waals surface area contributed by atoms with E-state index in [0.717, 1.165) is 42.5 Å². The molecule has 212 valence electrons. The van der Waals surface area contributed by atoms with Gasteiger partial charge in [-0.25, -0.2) is 4.98 Å². The average molecular weight is 538 g/mol. The Morgan fingerprint density at radius 2 is 1.67 bits per heavy atom. The number of aromatic nitrogens is 2. The van der Waals surface area contributed by atoms with Gasteiger partial charge in [-0.3, -0.25) is 9.59 Å². The zero-order valence-corrected chi connectivity index (χ0v) is 24.5. The summed E-state index contributed by atoms with van der Waals surface area (Å²) in [5.41, 5.74) is 2.55. The van der Waals surface area contributed by atoms with Gasteiger partial charge in [0.2, 0.25) is 11.8 Å². The van der Waals surface area contributed by atoms with Crippen molar-refractivity contribution in [3.05, 3.63) is 53.3 Å². The van der Waals surface area contributed by atoms with Crippen molar-refractivity contribution in [2.24, 2.45) is 11.8 Å². The summed E-state index contributed by atoms with van der Waals surface area (Å²) in [6, 6.07) is 9.02. The molecule has 0 radical (unpaired) electrons. The largest absolute Gasteiger partial charge is 0.497 e. The number of amides is 1. The van der Waals surface area contributed by atoms with Crippen LogP contribution >= 0.6 is 0 Å². The second kappa shape index (κ2) is 14.1. The molecule has 8 nitrogen and oxygen atoms in total. The lowest BCUT2D eigenvalue weighted by atomic mass is 10.0.